The highest BCUT2D eigenvalue weighted by atomic mass is 32.2. The van der Waals surface area contributed by atoms with Gasteiger partial charge in [0.05, 0.1) is 19.5 Å². The predicted molar refractivity (Wildman–Crippen MR) is 79.8 cm³/mol. The molecule has 2 atom stereocenters. The predicted octanol–water partition coefficient (Wildman–Crippen LogP) is 0.386. The average Bonchev–Trinajstić information content (AvgIpc) is 3.09. The molecule has 0 spiro atoms. The highest BCUT2D eigenvalue weighted by Gasteiger charge is 2.52. The van der Waals surface area contributed by atoms with E-state index in [0.717, 1.165) is 0 Å². The van der Waals surface area contributed by atoms with Gasteiger partial charge in [-0.3, -0.25) is 4.79 Å². The number of rotatable bonds is 4. The normalized spacial score (nSPS) is 29.5. The molecule has 3 heterocycles. The van der Waals surface area contributed by atoms with E-state index in [1.165, 1.54) is 21.9 Å². The van der Waals surface area contributed by atoms with Crippen molar-refractivity contribution in [3.05, 3.63) is 22.4 Å². The Morgan fingerprint density at radius 2 is 2.43 bits per heavy atom. The Morgan fingerprint density at radius 1 is 1.62 bits per heavy atom. The molecule has 0 unspecified atom stereocenters. The van der Waals surface area contributed by atoms with Gasteiger partial charge in [-0.2, -0.15) is 11.3 Å². The molecule has 0 aromatic carbocycles. The zero-order valence-electron chi connectivity index (χ0n) is 11.7. The summed E-state index contributed by atoms with van der Waals surface area (Å²) in [7, 11) is -3.20. The number of sulfonamides is 1. The molecule has 8 heteroatoms. The first-order chi connectivity index (χ1) is 9.91. The molecule has 6 nitrogen and oxygen atoms in total. The number of amides is 1. The van der Waals surface area contributed by atoms with Gasteiger partial charge in [0.1, 0.15) is 0 Å². The Hall–Kier alpha value is -0.960. The molecule has 3 rings (SSSR count). The van der Waals surface area contributed by atoms with Gasteiger partial charge in [-0.05, 0) is 11.4 Å². The first-order valence-electron chi connectivity index (χ1n) is 6.74. The van der Waals surface area contributed by atoms with Crippen molar-refractivity contribution in [3.8, 4) is 0 Å². The standard InChI is InChI=1S/C13H18N2O4S2/c1-21(17,18)15-4-11-5-19-9-13(11,8-15)7-14-12(16)10-2-3-20-6-10/h2-3,6,11H,4-5,7-9H2,1H3,(H,14,16)/t11-,13+/m1/s1. The lowest BCUT2D eigenvalue weighted by molar-refractivity contribution is 0.0915. The Kier molecular flexibility index (Phi) is 3.81. The fourth-order valence-corrected chi connectivity index (χ4v) is 4.62. The van der Waals surface area contributed by atoms with E-state index >= 15 is 0 Å². The van der Waals surface area contributed by atoms with Crippen molar-refractivity contribution in [1.82, 2.24) is 9.62 Å². The monoisotopic (exact) mass is 330 g/mol. The van der Waals surface area contributed by atoms with Crippen LogP contribution in [0.4, 0.5) is 0 Å². The fraction of sp³-hybridized carbons (Fsp3) is 0.615. The van der Waals surface area contributed by atoms with Gasteiger partial charge in [-0.15, -0.1) is 0 Å². The van der Waals surface area contributed by atoms with E-state index < -0.39 is 10.0 Å². The summed E-state index contributed by atoms with van der Waals surface area (Å²) in [5.74, 6) is 0.0316. The maximum Gasteiger partial charge on any atom is 0.252 e. The minimum absolute atomic E-state index is 0.117. The highest BCUT2D eigenvalue weighted by Crippen LogP contribution is 2.41. The van der Waals surface area contributed by atoms with Crippen LogP contribution in [0.5, 0.6) is 0 Å². The molecule has 0 saturated carbocycles. The molecule has 1 N–H and O–H groups in total. The SMILES string of the molecule is CS(=O)(=O)N1C[C@@H]2COC[C@]2(CNC(=O)c2ccsc2)C1. The van der Waals surface area contributed by atoms with Crippen LogP contribution in [-0.4, -0.2) is 57.7 Å². The number of nitrogens with zero attached hydrogens (tertiary/aromatic N) is 1. The molecular weight excluding hydrogens is 312 g/mol. The van der Waals surface area contributed by atoms with Crippen molar-refractivity contribution in [2.75, 3.05) is 39.1 Å². The number of thiophene rings is 1. The second kappa shape index (κ2) is 5.35. The maximum absolute atomic E-state index is 12.0. The Balaban J connectivity index is 1.69. The van der Waals surface area contributed by atoms with E-state index in [4.69, 9.17) is 4.74 Å². The third-order valence-electron chi connectivity index (χ3n) is 4.34. The summed E-state index contributed by atoms with van der Waals surface area (Å²) >= 11 is 1.47. The third-order valence-corrected chi connectivity index (χ3v) is 6.24. The van der Waals surface area contributed by atoms with Crippen LogP contribution in [0.1, 0.15) is 10.4 Å². The van der Waals surface area contributed by atoms with Crippen molar-refractivity contribution in [2.24, 2.45) is 11.3 Å². The first kappa shape index (κ1) is 15.0. The van der Waals surface area contributed by atoms with Crippen LogP contribution < -0.4 is 5.32 Å². The molecule has 0 bridgehead atoms. The molecule has 116 valence electrons. The van der Waals surface area contributed by atoms with Gasteiger partial charge in [-0.25, -0.2) is 12.7 Å². The van der Waals surface area contributed by atoms with Crippen LogP contribution in [0.3, 0.4) is 0 Å². The molecular formula is C13H18N2O4S2. The van der Waals surface area contributed by atoms with E-state index in [2.05, 4.69) is 5.32 Å². The van der Waals surface area contributed by atoms with Gasteiger partial charge in [0.2, 0.25) is 10.0 Å². The lowest BCUT2D eigenvalue weighted by Gasteiger charge is -2.27. The van der Waals surface area contributed by atoms with E-state index in [0.29, 0.717) is 38.4 Å². The van der Waals surface area contributed by atoms with Gasteiger partial charge < -0.3 is 10.1 Å². The van der Waals surface area contributed by atoms with E-state index in [-0.39, 0.29) is 17.2 Å². The largest absolute Gasteiger partial charge is 0.380 e. The quantitative estimate of drug-likeness (QED) is 0.866. The summed E-state index contributed by atoms with van der Waals surface area (Å²) in [4.78, 5) is 12.0. The van der Waals surface area contributed by atoms with Crippen molar-refractivity contribution in [1.29, 1.82) is 0 Å². The molecule has 1 aromatic heterocycles. The zero-order valence-corrected chi connectivity index (χ0v) is 13.4. The third kappa shape index (κ3) is 2.85. The van der Waals surface area contributed by atoms with Crippen LogP contribution in [0, 0.1) is 11.3 Å². The molecule has 21 heavy (non-hydrogen) atoms. The first-order valence-corrected chi connectivity index (χ1v) is 9.53. The summed E-state index contributed by atoms with van der Waals surface area (Å²) in [5, 5.41) is 6.58. The summed E-state index contributed by atoms with van der Waals surface area (Å²) in [5.41, 5.74) is 0.346. The summed E-state index contributed by atoms with van der Waals surface area (Å²) in [6, 6.07) is 1.78. The smallest absolute Gasteiger partial charge is 0.252 e. The van der Waals surface area contributed by atoms with Gasteiger partial charge in [0, 0.05) is 41.9 Å². The average molecular weight is 330 g/mol. The molecule has 2 fully saturated rings. The highest BCUT2D eigenvalue weighted by molar-refractivity contribution is 7.88. The van der Waals surface area contributed by atoms with Gasteiger partial charge in [0.15, 0.2) is 0 Å². The number of carbonyl (C=O) groups is 1. The van der Waals surface area contributed by atoms with Crippen LogP contribution in [0.2, 0.25) is 0 Å². The molecule has 0 radical (unpaired) electrons. The number of ether oxygens (including phenoxy) is 1. The van der Waals surface area contributed by atoms with Crippen LogP contribution in [0.15, 0.2) is 16.8 Å². The van der Waals surface area contributed by atoms with Gasteiger partial charge in [0.25, 0.3) is 5.91 Å². The molecule has 1 aromatic rings. The lowest BCUT2D eigenvalue weighted by Crippen LogP contribution is -2.43. The zero-order chi connectivity index (χ0) is 15.1. The second-order valence-corrected chi connectivity index (χ2v) is 8.59. The molecule has 2 aliphatic rings. The van der Waals surface area contributed by atoms with Crippen LogP contribution >= 0.6 is 11.3 Å². The fourth-order valence-electron chi connectivity index (χ4n) is 3.04. The number of hydrogen-bond acceptors (Lipinski definition) is 5. The van der Waals surface area contributed by atoms with Crippen LogP contribution in [-0.2, 0) is 14.8 Å². The van der Waals surface area contributed by atoms with E-state index in [9.17, 15) is 13.2 Å². The van der Waals surface area contributed by atoms with Gasteiger partial charge >= 0.3 is 0 Å². The van der Waals surface area contributed by atoms with Crippen LogP contribution in [0.25, 0.3) is 0 Å². The minimum atomic E-state index is -3.20. The lowest BCUT2D eigenvalue weighted by atomic mass is 9.81. The van der Waals surface area contributed by atoms with E-state index in [1.807, 2.05) is 5.38 Å². The summed E-state index contributed by atoms with van der Waals surface area (Å²) in [6.07, 6.45) is 1.23. The molecule has 2 aliphatic heterocycles. The summed E-state index contributed by atoms with van der Waals surface area (Å²) < 4.78 is 30.5. The van der Waals surface area contributed by atoms with Crippen molar-refractivity contribution in [2.45, 2.75) is 0 Å². The van der Waals surface area contributed by atoms with Crippen molar-refractivity contribution >= 4 is 27.3 Å². The number of hydrogen-bond donors (Lipinski definition) is 1. The Bertz CT molecular complexity index is 629. The molecule has 0 aliphatic carbocycles. The maximum atomic E-state index is 12.0. The van der Waals surface area contributed by atoms with E-state index in [1.54, 1.807) is 11.4 Å². The summed E-state index contributed by atoms with van der Waals surface area (Å²) in [6.45, 7) is 2.39. The second-order valence-electron chi connectivity index (χ2n) is 5.82. The van der Waals surface area contributed by atoms with Gasteiger partial charge in [-0.1, -0.05) is 0 Å². The van der Waals surface area contributed by atoms with Crippen molar-refractivity contribution in [3.63, 3.8) is 0 Å². The minimum Gasteiger partial charge on any atom is -0.380 e. The number of fused-ring (bicyclic) bond motifs is 1. The molecule has 1 amide bonds. The Morgan fingerprint density at radius 3 is 3.10 bits per heavy atom. The topological polar surface area (TPSA) is 75.7 Å². The Labute approximate surface area is 128 Å². The molecule has 2 saturated heterocycles. The number of carbonyl (C=O) groups excluding carboxylic acids is 1. The number of nitrogens with one attached hydrogen (secondary N) is 1. The van der Waals surface area contributed by atoms with Crippen molar-refractivity contribution < 1.29 is 17.9 Å².